The van der Waals surface area contributed by atoms with Gasteiger partial charge in [0.15, 0.2) is 0 Å². The Bertz CT molecular complexity index is 121. The Balaban J connectivity index is 2.11. The van der Waals surface area contributed by atoms with Crippen molar-refractivity contribution in [1.82, 2.24) is 4.90 Å². The van der Waals surface area contributed by atoms with Gasteiger partial charge in [0.2, 0.25) is 0 Å². The summed E-state index contributed by atoms with van der Waals surface area (Å²) in [5.74, 6) is 0.764. The molecule has 0 bridgehead atoms. The highest BCUT2D eigenvalue weighted by Crippen LogP contribution is 2.24. The number of nitrogens with zero attached hydrogens (tertiary/aromatic N) is 1. The van der Waals surface area contributed by atoms with Gasteiger partial charge in [-0.15, -0.1) is 0 Å². The molecule has 1 aliphatic rings. The number of hydrogen-bond donors (Lipinski definition) is 1. The molecule has 1 saturated carbocycles. The normalized spacial score (nSPS) is 21.0. The molecule has 0 radical (unpaired) electrons. The lowest BCUT2D eigenvalue weighted by Crippen LogP contribution is -2.39. The van der Waals surface area contributed by atoms with Crippen LogP contribution in [0.5, 0.6) is 0 Å². The first kappa shape index (κ1) is 10.0. The van der Waals surface area contributed by atoms with Crippen molar-refractivity contribution in [3.05, 3.63) is 0 Å². The minimum absolute atomic E-state index is 0.764. The summed E-state index contributed by atoms with van der Waals surface area (Å²) in [5, 5.41) is 0. The zero-order chi connectivity index (χ0) is 8.97. The summed E-state index contributed by atoms with van der Waals surface area (Å²) < 4.78 is 0. The van der Waals surface area contributed by atoms with Gasteiger partial charge in [-0.25, -0.2) is 0 Å². The smallest absolute Gasteiger partial charge is 0.00923 e. The minimum atomic E-state index is 0.764. The molecule has 12 heavy (non-hydrogen) atoms. The summed E-state index contributed by atoms with van der Waals surface area (Å²) in [7, 11) is 2.25. The van der Waals surface area contributed by atoms with Crippen LogP contribution >= 0.6 is 0 Å². The third-order valence-corrected chi connectivity index (χ3v) is 2.96. The second-order valence-corrected chi connectivity index (χ2v) is 4.21. The molecular weight excluding hydrogens is 148 g/mol. The van der Waals surface area contributed by atoms with Crippen molar-refractivity contribution < 1.29 is 0 Å². The molecule has 0 saturated heterocycles. The summed E-state index contributed by atoms with van der Waals surface area (Å²) in [5.41, 5.74) is 5.51. The molecular formula is C10H22N2. The summed E-state index contributed by atoms with van der Waals surface area (Å²) in [6, 6.07) is 0.880. The van der Waals surface area contributed by atoms with E-state index in [1.54, 1.807) is 0 Å². The molecule has 2 heteroatoms. The lowest BCUT2D eigenvalue weighted by Gasteiger charge is -2.36. The van der Waals surface area contributed by atoms with E-state index in [9.17, 15) is 0 Å². The topological polar surface area (TPSA) is 29.3 Å². The Morgan fingerprint density at radius 2 is 2.17 bits per heavy atom. The first-order valence-corrected chi connectivity index (χ1v) is 5.14. The van der Waals surface area contributed by atoms with E-state index in [4.69, 9.17) is 5.73 Å². The number of rotatable bonds is 5. The first-order chi connectivity index (χ1) is 5.74. The van der Waals surface area contributed by atoms with E-state index in [0.29, 0.717) is 0 Å². The standard InChI is InChI=1S/C10H22N2/c1-9(6-7-11)8-12(2)10-4-3-5-10/h9-10H,3-8,11H2,1-2H3. The molecule has 1 fully saturated rings. The van der Waals surface area contributed by atoms with Gasteiger partial charge >= 0.3 is 0 Å². The van der Waals surface area contributed by atoms with Gasteiger partial charge in [-0.1, -0.05) is 13.3 Å². The fraction of sp³-hybridized carbons (Fsp3) is 1.00. The van der Waals surface area contributed by atoms with Gasteiger partial charge in [0.05, 0.1) is 0 Å². The molecule has 1 unspecified atom stereocenters. The molecule has 1 rings (SSSR count). The van der Waals surface area contributed by atoms with E-state index in [0.717, 1.165) is 24.9 Å². The van der Waals surface area contributed by atoms with Gasteiger partial charge in [-0.2, -0.15) is 0 Å². The predicted octanol–water partition coefficient (Wildman–Crippen LogP) is 1.46. The lowest BCUT2D eigenvalue weighted by molar-refractivity contribution is 0.140. The van der Waals surface area contributed by atoms with Crippen LogP contribution in [0.25, 0.3) is 0 Å². The minimum Gasteiger partial charge on any atom is -0.330 e. The van der Waals surface area contributed by atoms with Crippen LogP contribution in [0.3, 0.4) is 0 Å². The van der Waals surface area contributed by atoms with Crippen molar-refractivity contribution in [1.29, 1.82) is 0 Å². The van der Waals surface area contributed by atoms with E-state index < -0.39 is 0 Å². The molecule has 2 N–H and O–H groups in total. The molecule has 0 amide bonds. The van der Waals surface area contributed by atoms with Crippen molar-refractivity contribution in [3.63, 3.8) is 0 Å². The summed E-state index contributed by atoms with van der Waals surface area (Å²) >= 11 is 0. The van der Waals surface area contributed by atoms with Gasteiger partial charge in [-0.05, 0) is 38.8 Å². The molecule has 0 spiro atoms. The van der Waals surface area contributed by atoms with Gasteiger partial charge in [0.1, 0.15) is 0 Å². The fourth-order valence-electron chi connectivity index (χ4n) is 1.84. The van der Waals surface area contributed by atoms with Gasteiger partial charge in [-0.3, -0.25) is 0 Å². The van der Waals surface area contributed by atoms with Crippen LogP contribution in [-0.2, 0) is 0 Å². The van der Waals surface area contributed by atoms with Crippen LogP contribution in [0, 0.1) is 5.92 Å². The van der Waals surface area contributed by atoms with Crippen LogP contribution in [0.2, 0.25) is 0 Å². The Labute approximate surface area is 76.1 Å². The second-order valence-electron chi connectivity index (χ2n) is 4.21. The molecule has 0 aromatic heterocycles. The SMILES string of the molecule is CC(CCN)CN(C)C1CCC1. The number of hydrogen-bond acceptors (Lipinski definition) is 2. The summed E-state index contributed by atoms with van der Waals surface area (Å²) in [4.78, 5) is 2.50. The van der Waals surface area contributed by atoms with Crippen LogP contribution < -0.4 is 5.73 Å². The summed E-state index contributed by atoms with van der Waals surface area (Å²) in [6.45, 7) is 4.35. The van der Waals surface area contributed by atoms with Crippen molar-refractivity contribution in [2.24, 2.45) is 11.7 Å². The molecule has 72 valence electrons. The van der Waals surface area contributed by atoms with Crippen molar-refractivity contribution in [2.45, 2.75) is 38.6 Å². The molecule has 0 aromatic carbocycles. The summed E-state index contributed by atoms with van der Waals surface area (Å²) in [6.07, 6.45) is 5.41. The highest BCUT2D eigenvalue weighted by Gasteiger charge is 2.22. The van der Waals surface area contributed by atoms with Gasteiger partial charge in [0.25, 0.3) is 0 Å². The number of nitrogens with two attached hydrogens (primary N) is 1. The van der Waals surface area contributed by atoms with Crippen LogP contribution in [0.4, 0.5) is 0 Å². The quantitative estimate of drug-likeness (QED) is 0.677. The molecule has 1 atom stereocenters. The van der Waals surface area contributed by atoms with E-state index in [1.165, 1.54) is 25.8 Å². The van der Waals surface area contributed by atoms with E-state index >= 15 is 0 Å². The Morgan fingerprint density at radius 1 is 1.50 bits per heavy atom. The van der Waals surface area contributed by atoms with Gasteiger partial charge < -0.3 is 10.6 Å². The van der Waals surface area contributed by atoms with E-state index in [2.05, 4.69) is 18.9 Å². The highest BCUT2D eigenvalue weighted by molar-refractivity contribution is 4.78. The van der Waals surface area contributed by atoms with Crippen molar-refractivity contribution in [2.75, 3.05) is 20.1 Å². The maximum atomic E-state index is 5.51. The average molecular weight is 170 g/mol. The molecule has 0 aliphatic heterocycles. The maximum Gasteiger partial charge on any atom is 0.00923 e. The fourth-order valence-corrected chi connectivity index (χ4v) is 1.84. The molecule has 0 aromatic rings. The molecule has 0 heterocycles. The van der Waals surface area contributed by atoms with Crippen LogP contribution in [-0.4, -0.2) is 31.1 Å². The third kappa shape index (κ3) is 2.76. The average Bonchev–Trinajstić information content (AvgIpc) is 1.82. The third-order valence-electron chi connectivity index (χ3n) is 2.96. The Hall–Kier alpha value is -0.0800. The highest BCUT2D eigenvalue weighted by atomic mass is 15.1. The lowest BCUT2D eigenvalue weighted by atomic mass is 9.91. The monoisotopic (exact) mass is 170 g/mol. The van der Waals surface area contributed by atoms with E-state index in [-0.39, 0.29) is 0 Å². The van der Waals surface area contributed by atoms with Crippen molar-refractivity contribution >= 4 is 0 Å². The molecule has 2 nitrogen and oxygen atoms in total. The van der Waals surface area contributed by atoms with Gasteiger partial charge in [0, 0.05) is 12.6 Å². The zero-order valence-electron chi connectivity index (χ0n) is 8.42. The Morgan fingerprint density at radius 3 is 2.58 bits per heavy atom. The molecule has 1 aliphatic carbocycles. The van der Waals surface area contributed by atoms with E-state index in [1.807, 2.05) is 0 Å². The first-order valence-electron chi connectivity index (χ1n) is 5.14. The Kier molecular flexibility index (Phi) is 4.02. The van der Waals surface area contributed by atoms with Crippen LogP contribution in [0.15, 0.2) is 0 Å². The largest absolute Gasteiger partial charge is 0.330 e. The maximum absolute atomic E-state index is 5.51. The van der Waals surface area contributed by atoms with Crippen LogP contribution in [0.1, 0.15) is 32.6 Å². The predicted molar refractivity (Wildman–Crippen MR) is 53.1 cm³/mol. The second kappa shape index (κ2) is 4.83. The zero-order valence-corrected chi connectivity index (χ0v) is 8.42. The van der Waals surface area contributed by atoms with Crippen molar-refractivity contribution in [3.8, 4) is 0 Å².